The molecule has 0 radical (unpaired) electrons. The number of piperidine rings is 3. The van der Waals surface area contributed by atoms with Gasteiger partial charge < -0.3 is 9.22 Å². The highest BCUT2D eigenvalue weighted by Gasteiger charge is 2.55. The second-order valence-electron chi connectivity index (χ2n) is 13.2. The van der Waals surface area contributed by atoms with Crippen molar-refractivity contribution in [2.24, 2.45) is 11.8 Å². The zero-order valence-electron chi connectivity index (χ0n) is 25.6. The van der Waals surface area contributed by atoms with Gasteiger partial charge in [0.25, 0.3) is 0 Å². The summed E-state index contributed by atoms with van der Waals surface area (Å²) >= 11 is 0. The van der Waals surface area contributed by atoms with Crippen molar-refractivity contribution >= 4 is 32.4 Å². The number of nitrogens with zero attached hydrogens (tertiary/aromatic N) is 2. The van der Waals surface area contributed by atoms with E-state index in [1.165, 1.54) is 76.0 Å². The average molecular weight is 578 g/mol. The number of quaternary nitrogens is 1. The summed E-state index contributed by atoms with van der Waals surface area (Å²) in [7, 11) is 0. The SMILES string of the molecule is CC[C@H]1C[N+]2(Cc3c4ccccc4cc4ccccc34)CCC1C[C@H]2[C@H](OCc1ccccc1)c1ccnc2ccccc12. The molecule has 0 spiro atoms. The number of pyridine rings is 1. The number of ether oxygens (including phenoxy) is 1. The third-order valence-electron chi connectivity index (χ3n) is 10.9. The summed E-state index contributed by atoms with van der Waals surface area (Å²) in [6.45, 7) is 6.47. The molecular formula is C41H41N2O+. The Hall–Kier alpha value is -4.05. The van der Waals surface area contributed by atoms with Gasteiger partial charge in [0.1, 0.15) is 18.7 Å². The van der Waals surface area contributed by atoms with Crippen molar-refractivity contribution < 1.29 is 9.22 Å². The lowest BCUT2D eigenvalue weighted by Crippen LogP contribution is -2.67. The molecule has 44 heavy (non-hydrogen) atoms. The Morgan fingerprint density at radius 1 is 0.795 bits per heavy atom. The molecule has 0 amide bonds. The van der Waals surface area contributed by atoms with Crippen LogP contribution in [0.2, 0.25) is 0 Å². The number of benzene rings is 5. The lowest BCUT2D eigenvalue weighted by molar-refractivity contribution is -0.985. The zero-order valence-corrected chi connectivity index (χ0v) is 25.6. The third-order valence-corrected chi connectivity index (χ3v) is 10.9. The largest absolute Gasteiger partial charge is 0.363 e. The lowest BCUT2D eigenvalue weighted by atomic mass is 9.70. The summed E-state index contributed by atoms with van der Waals surface area (Å²) in [6, 6.07) is 42.3. The molecular weight excluding hydrogens is 536 g/mol. The van der Waals surface area contributed by atoms with Gasteiger partial charge in [0.05, 0.1) is 25.2 Å². The molecule has 2 unspecified atom stereocenters. The van der Waals surface area contributed by atoms with E-state index in [0.717, 1.165) is 28.4 Å². The fourth-order valence-electron chi connectivity index (χ4n) is 8.77. The normalized spacial score (nSPS) is 23.8. The van der Waals surface area contributed by atoms with Crippen LogP contribution in [0.3, 0.4) is 0 Å². The minimum atomic E-state index is -0.0232. The number of hydrogen-bond donors (Lipinski definition) is 0. The Morgan fingerprint density at radius 3 is 2.23 bits per heavy atom. The summed E-state index contributed by atoms with van der Waals surface area (Å²) < 4.78 is 8.26. The predicted molar refractivity (Wildman–Crippen MR) is 181 cm³/mol. The van der Waals surface area contributed by atoms with Crippen LogP contribution in [0, 0.1) is 11.8 Å². The zero-order chi connectivity index (χ0) is 29.5. The first kappa shape index (κ1) is 27.5. The van der Waals surface area contributed by atoms with Crippen LogP contribution in [-0.2, 0) is 17.9 Å². The van der Waals surface area contributed by atoms with Crippen molar-refractivity contribution in [3.05, 3.63) is 138 Å². The minimum Gasteiger partial charge on any atom is -0.363 e. The molecule has 3 aliphatic rings. The molecule has 1 aromatic heterocycles. The first-order valence-electron chi connectivity index (χ1n) is 16.5. The monoisotopic (exact) mass is 577 g/mol. The molecule has 0 aliphatic carbocycles. The molecule has 5 aromatic carbocycles. The molecule has 3 fully saturated rings. The van der Waals surface area contributed by atoms with Crippen LogP contribution in [0.15, 0.2) is 121 Å². The Bertz CT molecular complexity index is 1880. The third kappa shape index (κ3) is 4.80. The Morgan fingerprint density at radius 2 is 1.48 bits per heavy atom. The number of fused-ring (bicyclic) bond motifs is 6. The fourth-order valence-corrected chi connectivity index (χ4v) is 8.77. The molecule has 3 heteroatoms. The van der Waals surface area contributed by atoms with Gasteiger partial charge in [-0.15, -0.1) is 0 Å². The van der Waals surface area contributed by atoms with Crippen LogP contribution in [0.4, 0.5) is 0 Å². The molecule has 6 aromatic rings. The molecule has 5 atom stereocenters. The van der Waals surface area contributed by atoms with Crippen LogP contribution in [0.5, 0.6) is 0 Å². The van der Waals surface area contributed by atoms with E-state index in [2.05, 4.69) is 122 Å². The van der Waals surface area contributed by atoms with Crippen molar-refractivity contribution in [1.82, 2.24) is 4.98 Å². The maximum Gasteiger partial charge on any atom is 0.135 e. The second-order valence-corrected chi connectivity index (χ2v) is 13.2. The first-order chi connectivity index (χ1) is 21.7. The van der Waals surface area contributed by atoms with E-state index < -0.39 is 0 Å². The van der Waals surface area contributed by atoms with Crippen LogP contribution in [0.25, 0.3) is 32.4 Å². The molecule has 9 rings (SSSR count). The first-order valence-corrected chi connectivity index (χ1v) is 16.5. The van der Waals surface area contributed by atoms with E-state index in [1.54, 1.807) is 0 Å². The summed E-state index contributed by atoms with van der Waals surface area (Å²) in [6.07, 6.45) is 5.73. The second kappa shape index (κ2) is 11.5. The van der Waals surface area contributed by atoms with E-state index in [-0.39, 0.29) is 6.10 Å². The number of aromatic nitrogens is 1. The van der Waals surface area contributed by atoms with Crippen LogP contribution >= 0.6 is 0 Å². The summed E-state index contributed by atoms with van der Waals surface area (Å²) in [5.74, 6) is 1.51. The van der Waals surface area contributed by atoms with E-state index >= 15 is 0 Å². The van der Waals surface area contributed by atoms with Crippen molar-refractivity contribution in [3.8, 4) is 0 Å². The Balaban J connectivity index is 1.29. The highest BCUT2D eigenvalue weighted by atomic mass is 16.5. The van der Waals surface area contributed by atoms with Crippen LogP contribution in [-0.4, -0.2) is 28.6 Å². The van der Waals surface area contributed by atoms with Gasteiger partial charge >= 0.3 is 0 Å². The predicted octanol–water partition coefficient (Wildman–Crippen LogP) is 9.63. The summed E-state index contributed by atoms with van der Waals surface area (Å²) in [5.41, 5.74) is 5.06. The van der Waals surface area contributed by atoms with Gasteiger partial charge in [-0.1, -0.05) is 104 Å². The topological polar surface area (TPSA) is 22.1 Å². The van der Waals surface area contributed by atoms with Crippen molar-refractivity contribution in [2.75, 3.05) is 13.1 Å². The van der Waals surface area contributed by atoms with Gasteiger partial charge in [-0.05, 0) is 63.2 Å². The van der Waals surface area contributed by atoms with Crippen molar-refractivity contribution in [3.63, 3.8) is 0 Å². The lowest BCUT2D eigenvalue weighted by Gasteiger charge is -2.59. The molecule has 3 nitrogen and oxygen atoms in total. The number of hydrogen-bond acceptors (Lipinski definition) is 2. The molecule has 4 heterocycles. The highest BCUT2D eigenvalue weighted by Crippen LogP contribution is 2.50. The van der Waals surface area contributed by atoms with Gasteiger partial charge in [0.2, 0.25) is 0 Å². The van der Waals surface area contributed by atoms with E-state index in [9.17, 15) is 0 Å². The number of rotatable bonds is 8. The number of para-hydroxylation sites is 1. The minimum absolute atomic E-state index is 0.0232. The van der Waals surface area contributed by atoms with Gasteiger partial charge in [-0.25, -0.2) is 0 Å². The van der Waals surface area contributed by atoms with Crippen molar-refractivity contribution in [2.45, 2.75) is 51.5 Å². The fraction of sp³-hybridized carbons (Fsp3) is 0.293. The van der Waals surface area contributed by atoms with E-state index in [0.29, 0.717) is 12.6 Å². The van der Waals surface area contributed by atoms with E-state index in [4.69, 9.17) is 9.72 Å². The maximum atomic E-state index is 7.18. The molecule has 2 bridgehead atoms. The van der Waals surface area contributed by atoms with Gasteiger partial charge in [-0.2, -0.15) is 0 Å². The summed E-state index contributed by atoms with van der Waals surface area (Å²) in [5, 5.41) is 6.69. The van der Waals surface area contributed by atoms with Crippen molar-refractivity contribution in [1.29, 1.82) is 0 Å². The highest BCUT2D eigenvalue weighted by molar-refractivity contribution is 6.02. The van der Waals surface area contributed by atoms with Crippen LogP contribution in [0.1, 0.15) is 49.0 Å². The van der Waals surface area contributed by atoms with Gasteiger partial charge in [0.15, 0.2) is 0 Å². The maximum absolute atomic E-state index is 7.18. The molecule has 0 N–H and O–H groups in total. The smallest absolute Gasteiger partial charge is 0.135 e. The molecule has 220 valence electrons. The quantitative estimate of drug-likeness (QED) is 0.133. The van der Waals surface area contributed by atoms with Gasteiger partial charge in [0, 0.05) is 35.9 Å². The van der Waals surface area contributed by atoms with Gasteiger partial charge in [-0.3, -0.25) is 4.98 Å². The molecule has 0 saturated carbocycles. The molecule has 3 aliphatic heterocycles. The Labute approximate surface area is 260 Å². The molecule has 3 saturated heterocycles. The average Bonchev–Trinajstić information content (AvgIpc) is 3.09. The van der Waals surface area contributed by atoms with E-state index in [1.807, 2.05) is 6.20 Å². The summed E-state index contributed by atoms with van der Waals surface area (Å²) in [4.78, 5) is 4.75. The Kier molecular flexibility index (Phi) is 7.16. The standard InChI is InChI=1S/C41H41N2O/c1-2-30-26-43(27-38-34-16-8-6-14-32(34)24-33-15-7-9-17-35(33)38)23-21-31(30)25-40(43)41(44-28-29-12-4-3-5-13-29)37-20-22-42-39-19-11-10-18-36(37)39/h3-20,22,24,30-31,40-41H,2,21,23,25-28H2,1H3/q+1/t30-,31?,40-,41+,43?/m0/s1. The van der Waals surface area contributed by atoms with Crippen LogP contribution < -0.4 is 0 Å².